The van der Waals surface area contributed by atoms with Crippen LogP contribution in [0.1, 0.15) is 46.4 Å². The van der Waals surface area contributed by atoms with Crippen LogP contribution in [0.5, 0.6) is 0 Å². The summed E-state index contributed by atoms with van der Waals surface area (Å²) in [7, 11) is 0. The molecule has 0 aliphatic heterocycles. The molecule has 0 saturated carbocycles. The van der Waals surface area contributed by atoms with Crippen molar-refractivity contribution in [1.29, 1.82) is 0 Å². The first-order chi connectivity index (χ1) is 7.33. The van der Waals surface area contributed by atoms with Gasteiger partial charge in [0, 0.05) is 24.3 Å². The van der Waals surface area contributed by atoms with Crippen molar-refractivity contribution in [3.63, 3.8) is 0 Å². The zero-order valence-electron chi connectivity index (χ0n) is 10.9. The second-order valence-electron chi connectivity index (χ2n) is 5.13. The summed E-state index contributed by atoms with van der Waals surface area (Å²) in [6.45, 7) is 10.6. The lowest BCUT2D eigenvalue weighted by Crippen LogP contribution is -2.47. The van der Waals surface area contributed by atoms with Crippen LogP contribution in [0.4, 0.5) is 0 Å². The van der Waals surface area contributed by atoms with Gasteiger partial charge in [-0.25, -0.2) is 0 Å². The molecule has 0 radical (unpaired) electrons. The highest BCUT2D eigenvalue weighted by Gasteiger charge is 2.23. The Morgan fingerprint density at radius 3 is 2.50 bits per heavy atom. The fourth-order valence-electron chi connectivity index (χ4n) is 1.23. The molecule has 0 aliphatic carbocycles. The number of rotatable bonds is 5. The molecule has 1 aromatic heterocycles. The minimum atomic E-state index is -0.389. The SMILES string of the molecule is CC(C)n1ccc(CNC(C)(C)C(C)O)n1. The van der Waals surface area contributed by atoms with E-state index in [9.17, 15) is 5.11 Å². The lowest BCUT2D eigenvalue weighted by atomic mass is 9.99. The van der Waals surface area contributed by atoms with Crippen molar-refractivity contribution in [3.05, 3.63) is 18.0 Å². The standard InChI is InChI=1S/C12H23N3O/c1-9(2)15-7-6-11(14-15)8-13-12(4,5)10(3)16/h6-7,9-10,13,16H,8H2,1-5H3. The van der Waals surface area contributed by atoms with E-state index >= 15 is 0 Å². The van der Waals surface area contributed by atoms with Crippen LogP contribution in [0.2, 0.25) is 0 Å². The van der Waals surface area contributed by atoms with Crippen molar-refractivity contribution in [2.45, 2.75) is 58.8 Å². The maximum Gasteiger partial charge on any atom is 0.0762 e. The molecular formula is C12H23N3O. The van der Waals surface area contributed by atoms with Gasteiger partial charge in [-0.3, -0.25) is 4.68 Å². The summed E-state index contributed by atoms with van der Waals surface area (Å²) >= 11 is 0. The van der Waals surface area contributed by atoms with Crippen LogP contribution >= 0.6 is 0 Å². The zero-order chi connectivity index (χ0) is 12.3. The summed E-state index contributed by atoms with van der Waals surface area (Å²) < 4.78 is 1.94. The average molecular weight is 225 g/mol. The first-order valence-corrected chi connectivity index (χ1v) is 5.80. The van der Waals surface area contributed by atoms with Gasteiger partial charge in [-0.15, -0.1) is 0 Å². The van der Waals surface area contributed by atoms with Gasteiger partial charge in [0.25, 0.3) is 0 Å². The predicted molar refractivity (Wildman–Crippen MR) is 65.2 cm³/mol. The number of aliphatic hydroxyl groups excluding tert-OH is 1. The molecule has 4 nitrogen and oxygen atoms in total. The van der Waals surface area contributed by atoms with Gasteiger partial charge in [-0.2, -0.15) is 5.10 Å². The number of hydrogen-bond acceptors (Lipinski definition) is 3. The lowest BCUT2D eigenvalue weighted by molar-refractivity contribution is 0.0953. The molecule has 92 valence electrons. The van der Waals surface area contributed by atoms with Crippen LogP contribution < -0.4 is 5.32 Å². The van der Waals surface area contributed by atoms with Crippen LogP contribution in [0.25, 0.3) is 0 Å². The number of aromatic nitrogens is 2. The molecule has 16 heavy (non-hydrogen) atoms. The number of aliphatic hydroxyl groups is 1. The molecule has 2 N–H and O–H groups in total. The third-order valence-electron chi connectivity index (χ3n) is 2.96. The topological polar surface area (TPSA) is 50.1 Å². The van der Waals surface area contributed by atoms with E-state index in [0.29, 0.717) is 12.6 Å². The molecule has 0 aliphatic rings. The van der Waals surface area contributed by atoms with Gasteiger partial charge in [0.05, 0.1) is 11.8 Å². The molecule has 4 heteroatoms. The Morgan fingerprint density at radius 2 is 2.06 bits per heavy atom. The van der Waals surface area contributed by atoms with Crippen LogP contribution in [-0.2, 0) is 6.54 Å². The second-order valence-corrected chi connectivity index (χ2v) is 5.13. The summed E-state index contributed by atoms with van der Waals surface area (Å²) in [4.78, 5) is 0. The highest BCUT2D eigenvalue weighted by atomic mass is 16.3. The number of hydrogen-bond donors (Lipinski definition) is 2. The van der Waals surface area contributed by atoms with Crippen molar-refractivity contribution in [2.75, 3.05) is 0 Å². The zero-order valence-corrected chi connectivity index (χ0v) is 10.9. The fourth-order valence-corrected chi connectivity index (χ4v) is 1.23. The maximum absolute atomic E-state index is 9.56. The molecule has 0 fully saturated rings. The summed E-state index contributed by atoms with van der Waals surface area (Å²) in [5, 5.41) is 17.3. The van der Waals surface area contributed by atoms with E-state index in [4.69, 9.17) is 0 Å². The van der Waals surface area contributed by atoms with Crippen molar-refractivity contribution < 1.29 is 5.11 Å². The minimum absolute atomic E-state index is 0.290. The van der Waals surface area contributed by atoms with Gasteiger partial charge in [-0.1, -0.05) is 0 Å². The van der Waals surface area contributed by atoms with Crippen LogP contribution in [0, 0.1) is 0 Å². The monoisotopic (exact) mass is 225 g/mol. The van der Waals surface area contributed by atoms with Gasteiger partial charge < -0.3 is 10.4 Å². The number of nitrogens with zero attached hydrogens (tertiary/aromatic N) is 2. The molecule has 1 rings (SSSR count). The molecule has 0 aromatic carbocycles. The largest absolute Gasteiger partial charge is 0.392 e. The van der Waals surface area contributed by atoms with E-state index in [1.54, 1.807) is 6.92 Å². The van der Waals surface area contributed by atoms with Crippen LogP contribution in [-0.4, -0.2) is 26.5 Å². The lowest BCUT2D eigenvalue weighted by Gasteiger charge is -2.29. The second kappa shape index (κ2) is 4.97. The van der Waals surface area contributed by atoms with Crippen molar-refractivity contribution in [2.24, 2.45) is 0 Å². The summed E-state index contributed by atoms with van der Waals surface area (Å²) in [5.74, 6) is 0. The summed E-state index contributed by atoms with van der Waals surface area (Å²) in [6.07, 6.45) is 1.59. The quantitative estimate of drug-likeness (QED) is 0.802. The third kappa shape index (κ3) is 3.32. The highest BCUT2D eigenvalue weighted by Crippen LogP contribution is 2.10. The smallest absolute Gasteiger partial charge is 0.0762 e. The van der Waals surface area contributed by atoms with E-state index < -0.39 is 0 Å². The highest BCUT2D eigenvalue weighted by molar-refractivity contribution is 5.00. The Morgan fingerprint density at radius 1 is 1.44 bits per heavy atom. The van der Waals surface area contributed by atoms with E-state index in [2.05, 4.69) is 24.3 Å². The predicted octanol–water partition coefficient (Wildman–Crippen LogP) is 1.71. The van der Waals surface area contributed by atoms with Gasteiger partial charge in [-0.05, 0) is 40.7 Å². The Labute approximate surface area is 97.7 Å². The summed E-state index contributed by atoms with van der Waals surface area (Å²) in [6, 6.07) is 2.39. The minimum Gasteiger partial charge on any atom is -0.392 e. The Bertz CT molecular complexity index is 329. The third-order valence-corrected chi connectivity index (χ3v) is 2.96. The van der Waals surface area contributed by atoms with Crippen LogP contribution in [0.15, 0.2) is 12.3 Å². The normalized spacial score (nSPS) is 14.4. The molecule has 1 atom stereocenters. The van der Waals surface area contributed by atoms with Crippen molar-refractivity contribution in [3.8, 4) is 0 Å². The first-order valence-electron chi connectivity index (χ1n) is 5.80. The van der Waals surface area contributed by atoms with Gasteiger partial charge in [0.2, 0.25) is 0 Å². The van der Waals surface area contributed by atoms with Gasteiger partial charge in [0.15, 0.2) is 0 Å². The molecular weight excluding hydrogens is 202 g/mol. The maximum atomic E-state index is 9.56. The molecule has 0 amide bonds. The Hall–Kier alpha value is -0.870. The van der Waals surface area contributed by atoms with E-state index in [0.717, 1.165) is 5.69 Å². The first kappa shape index (κ1) is 13.2. The Kier molecular flexibility index (Phi) is 4.10. The van der Waals surface area contributed by atoms with Gasteiger partial charge >= 0.3 is 0 Å². The molecule has 1 aromatic rings. The average Bonchev–Trinajstić information content (AvgIpc) is 2.63. The summed E-state index contributed by atoms with van der Waals surface area (Å²) in [5.41, 5.74) is 0.712. The Balaban J connectivity index is 2.55. The molecule has 0 saturated heterocycles. The molecule has 0 spiro atoms. The van der Waals surface area contributed by atoms with Crippen molar-refractivity contribution >= 4 is 0 Å². The fraction of sp³-hybridized carbons (Fsp3) is 0.750. The van der Waals surface area contributed by atoms with E-state index in [1.807, 2.05) is 30.8 Å². The van der Waals surface area contributed by atoms with E-state index in [-0.39, 0.29) is 11.6 Å². The van der Waals surface area contributed by atoms with Crippen molar-refractivity contribution in [1.82, 2.24) is 15.1 Å². The molecule has 0 bridgehead atoms. The molecule has 1 heterocycles. The molecule has 1 unspecified atom stereocenters. The number of nitrogens with one attached hydrogen (secondary N) is 1. The van der Waals surface area contributed by atoms with Crippen LogP contribution in [0.3, 0.4) is 0 Å². The van der Waals surface area contributed by atoms with Gasteiger partial charge in [0.1, 0.15) is 0 Å². The van der Waals surface area contributed by atoms with E-state index in [1.165, 1.54) is 0 Å².